The maximum absolute atomic E-state index is 11.6. The molecule has 4 nitrogen and oxygen atoms in total. The molecule has 0 spiro atoms. The molecular weight excluding hydrogens is 282 g/mol. The second-order valence-electron chi connectivity index (χ2n) is 4.50. The number of carbonyl (C=O) groups excluding carboxylic acids is 1. The smallest absolute Gasteiger partial charge is 0.238 e. The van der Waals surface area contributed by atoms with Gasteiger partial charge in [-0.2, -0.15) is 0 Å². The van der Waals surface area contributed by atoms with E-state index in [4.69, 9.17) is 0 Å². The van der Waals surface area contributed by atoms with Gasteiger partial charge in [-0.05, 0) is 42.4 Å². The summed E-state index contributed by atoms with van der Waals surface area (Å²) in [4.78, 5) is 16.9. The summed E-state index contributed by atoms with van der Waals surface area (Å²) < 4.78 is 0. The van der Waals surface area contributed by atoms with Crippen LogP contribution in [0.25, 0.3) is 0 Å². The Kier molecular flexibility index (Phi) is 6.24. The number of thioether (sulfide) groups is 1. The Bertz CT molecular complexity index is 557. The van der Waals surface area contributed by atoms with Crippen molar-refractivity contribution in [2.24, 2.45) is 0 Å². The number of likely N-dealkylation sites (N-methyl/N-ethyl adjacent to an activating group) is 1. The van der Waals surface area contributed by atoms with E-state index in [9.17, 15) is 4.79 Å². The molecule has 1 heterocycles. The van der Waals surface area contributed by atoms with E-state index in [1.165, 1.54) is 10.5 Å². The number of rotatable bonds is 7. The first kappa shape index (κ1) is 15.5. The van der Waals surface area contributed by atoms with Gasteiger partial charge < -0.3 is 10.6 Å². The minimum absolute atomic E-state index is 0.0207. The van der Waals surface area contributed by atoms with Crippen LogP contribution in [0.3, 0.4) is 0 Å². The Morgan fingerprint density at radius 1 is 1.24 bits per heavy atom. The number of anilines is 1. The molecule has 0 unspecified atom stereocenters. The summed E-state index contributed by atoms with van der Waals surface area (Å²) >= 11 is 1.75. The second-order valence-corrected chi connectivity index (χ2v) is 5.55. The number of amides is 1. The first-order chi connectivity index (χ1) is 10.3. The van der Waals surface area contributed by atoms with E-state index in [2.05, 4.69) is 21.7 Å². The van der Waals surface area contributed by atoms with Crippen molar-refractivity contribution in [2.75, 3.05) is 18.4 Å². The van der Waals surface area contributed by atoms with E-state index in [0.717, 1.165) is 18.0 Å². The number of aromatic nitrogens is 1. The van der Waals surface area contributed by atoms with E-state index in [1.807, 2.05) is 43.5 Å². The molecule has 21 heavy (non-hydrogen) atoms. The fourth-order valence-corrected chi connectivity index (χ4v) is 2.56. The number of nitrogens with one attached hydrogen (secondary N) is 2. The van der Waals surface area contributed by atoms with Crippen molar-refractivity contribution in [1.82, 2.24) is 10.3 Å². The number of carbonyl (C=O) groups is 1. The molecule has 1 aromatic heterocycles. The molecular formula is C16H19N3OS. The van der Waals surface area contributed by atoms with Crippen LogP contribution >= 0.6 is 11.8 Å². The zero-order valence-corrected chi connectivity index (χ0v) is 12.8. The summed E-state index contributed by atoms with van der Waals surface area (Å²) in [5.41, 5.74) is 2.02. The van der Waals surface area contributed by atoms with Crippen LogP contribution in [0, 0.1) is 0 Å². The topological polar surface area (TPSA) is 54.0 Å². The van der Waals surface area contributed by atoms with Crippen LogP contribution in [-0.2, 0) is 10.5 Å². The molecule has 0 aliphatic carbocycles. The molecule has 110 valence electrons. The van der Waals surface area contributed by atoms with E-state index in [1.54, 1.807) is 18.0 Å². The van der Waals surface area contributed by atoms with Gasteiger partial charge in [0.2, 0.25) is 5.91 Å². The van der Waals surface area contributed by atoms with Crippen LogP contribution in [0.4, 0.5) is 5.69 Å². The van der Waals surface area contributed by atoms with E-state index in [0.29, 0.717) is 6.54 Å². The van der Waals surface area contributed by atoms with Crippen molar-refractivity contribution in [3.8, 4) is 0 Å². The lowest BCUT2D eigenvalue weighted by Crippen LogP contribution is -2.27. The largest absolute Gasteiger partial charge is 0.325 e. The molecule has 0 saturated carbocycles. The zero-order valence-electron chi connectivity index (χ0n) is 12.0. The van der Waals surface area contributed by atoms with E-state index < -0.39 is 0 Å². The van der Waals surface area contributed by atoms with Gasteiger partial charge in [0.15, 0.2) is 0 Å². The molecule has 0 aliphatic rings. The Labute approximate surface area is 129 Å². The van der Waals surface area contributed by atoms with Crippen molar-refractivity contribution in [3.05, 3.63) is 54.4 Å². The first-order valence-electron chi connectivity index (χ1n) is 6.90. The van der Waals surface area contributed by atoms with Gasteiger partial charge in [-0.1, -0.05) is 13.0 Å². The summed E-state index contributed by atoms with van der Waals surface area (Å²) in [6.07, 6.45) is 3.65. The van der Waals surface area contributed by atoms with Gasteiger partial charge in [-0.25, -0.2) is 0 Å². The normalized spacial score (nSPS) is 10.3. The van der Waals surface area contributed by atoms with Gasteiger partial charge in [0.1, 0.15) is 0 Å². The molecule has 0 aliphatic heterocycles. The lowest BCUT2D eigenvalue weighted by atomic mass is 10.3. The molecule has 0 radical (unpaired) electrons. The molecule has 0 fully saturated rings. The predicted molar refractivity (Wildman–Crippen MR) is 87.4 cm³/mol. The minimum Gasteiger partial charge on any atom is -0.325 e. The molecule has 2 N–H and O–H groups in total. The van der Waals surface area contributed by atoms with Gasteiger partial charge in [0.05, 0.1) is 6.54 Å². The highest BCUT2D eigenvalue weighted by molar-refractivity contribution is 7.98. The Hall–Kier alpha value is -1.85. The molecule has 0 bridgehead atoms. The average molecular weight is 301 g/mol. The third-order valence-electron chi connectivity index (χ3n) is 2.80. The summed E-state index contributed by atoms with van der Waals surface area (Å²) in [7, 11) is 0. The van der Waals surface area contributed by atoms with Crippen molar-refractivity contribution >= 4 is 23.4 Å². The number of nitrogens with zero attached hydrogens (tertiary/aromatic N) is 1. The van der Waals surface area contributed by atoms with Crippen LogP contribution in [0.1, 0.15) is 12.5 Å². The van der Waals surface area contributed by atoms with Crippen LogP contribution < -0.4 is 10.6 Å². The lowest BCUT2D eigenvalue weighted by Gasteiger charge is -2.07. The first-order valence-corrected chi connectivity index (χ1v) is 7.89. The molecule has 1 amide bonds. The Morgan fingerprint density at radius 2 is 2.05 bits per heavy atom. The molecule has 5 heteroatoms. The molecule has 2 aromatic rings. The van der Waals surface area contributed by atoms with Crippen molar-refractivity contribution in [3.63, 3.8) is 0 Å². The molecule has 1 aromatic carbocycles. The molecule has 0 atom stereocenters. The van der Waals surface area contributed by atoms with Crippen LogP contribution in [-0.4, -0.2) is 24.0 Å². The molecule has 2 rings (SSSR count). The van der Waals surface area contributed by atoms with Gasteiger partial charge in [0.25, 0.3) is 0 Å². The third-order valence-corrected chi connectivity index (χ3v) is 3.89. The fourth-order valence-electron chi connectivity index (χ4n) is 1.73. The highest BCUT2D eigenvalue weighted by Crippen LogP contribution is 2.23. The van der Waals surface area contributed by atoms with E-state index in [-0.39, 0.29) is 5.91 Å². The maximum atomic E-state index is 11.6. The SMILES string of the molecule is CCNCC(=O)Nc1ccc(SCc2cccnc2)cc1. The lowest BCUT2D eigenvalue weighted by molar-refractivity contribution is -0.115. The molecule has 0 saturated heterocycles. The quantitative estimate of drug-likeness (QED) is 0.772. The monoisotopic (exact) mass is 301 g/mol. The highest BCUT2D eigenvalue weighted by atomic mass is 32.2. The predicted octanol–water partition coefficient (Wildman–Crippen LogP) is 2.92. The van der Waals surface area contributed by atoms with Crippen LogP contribution in [0.15, 0.2) is 53.7 Å². The van der Waals surface area contributed by atoms with Gasteiger partial charge in [-0.3, -0.25) is 9.78 Å². The number of hydrogen-bond acceptors (Lipinski definition) is 4. The van der Waals surface area contributed by atoms with Crippen LogP contribution in [0.5, 0.6) is 0 Å². The standard InChI is InChI=1S/C16H19N3OS/c1-2-17-11-16(20)19-14-5-7-15(8-6-14)21-12-13-4-3-9-18-10-13/h3-10,17H,2,11-12H2,1H3,(H,19,20). The summed E-state index contributed by atoms with van der Waals surface area (Å²) in [6.45, 7) is 3.10. The van der Waals surface area contributed by atoms with Crippen molar-refractivity contribution < 1.29 is 4.79 Å². The van der Waals surface area contributed by atoms with Gasteiger partial charge in [0, 0.05) is 28.7 Å². The highest BCUT2D eigenvalue weighted by Gasteiger charge is 2.01. The average Bonchev–Trinajstić information content (AvgIpc) is 2.53. The summed E-state index contributed by atoms with van der Waals surface area (Å²) in [5.74, 6) is 0.868. The minimum atomic E-state index is -0.0207. The van der Waals surface area contributed by atoms with Crippen molar-refractivity contribution in [1.29, 1.82) is 0 Å². The summed E-state index contributed by atoms with van der Waals surface area (Å²) in [6, 6.07) is 11.9. The Morgan fingerprint density at radius 3 is 2.71 bits per heavy atom. The fraction of sp³-hybridized carbons (Fsp3) is 0.250. The van der Waals surface area contributed by atoms with Gasteiger partial charge >= 0.3 is 0 Å². The van der Waals surface area contributed by atoms with Gasteiger partial charge in [-0.15, -0.1) is 11.8 Å². The van der Waals surface area contributed by atoms with Crippen molar-refractivity contribution in [2.45, 2.75) is 17.6 Å². The van der Waals surface area contributed by atoms with Crippen LogP contribution in [0.2, 0.25) is 0 Å². The maximum Gasteiger partial charge on any atom is 0.238 e. The third kappa shape index (κ3) is 5.57. The summed E-state index contributed by atoms with van der Waals surface area (Å²) in [5, 5.41) is 5.85. The number of benzene rings is 1. The number of pyridine rings is 1. The Balaban J connectivity index is 1.83. The zero-order chi connectivity index (χ0) is 14.9. The number of hydrogen-bond donors (Lipinski definition) is 2. The van der Waals surface area contributed by atoms with E-state index >= 15 is 0 Å². The second kappa shape index (κ2) is 8.44.